The zero-order valence-electron chi connectivity index (χ0n) is 9.24. The number of para-hydroxylation sites is 1. The van der Waals surface area contributed by atoms with Crippen molar-refractivity contribution in [3.8, 4) is 0 Å². The van der Waals surface area contributed by atoms with Crippen molar-refractivity contribution in [1.29, 1.82) is 0 Å². The third-order valence-corrected chi connectivity index (χ3v) is 3.51. The van der Waals surface area contributed by atoms with Gasteiger partial charge >= 0.3 is 17.2 Å². The number of carbonyl (C=O) groups is 1. The van der Waals surface area contributed by atoms with Gasteiger partial charge in [0, 0.05) is 4.47 Å². The lowest BCUT2D eigenvalue weighted by Crippen LogP contribution is -2.60. The molecule has 0 aromatic heterocycles. The fraction of sp³-hybridized carbons (Fsp3) is 0.300. The Labute approximate surface area is 122 Å². The minimum absolute atomic E-state index is 0.108. The van der Waals surface area contributed by atoms with Gasteiger partial charge in [0.1, 0.15) is 0 Å². The molecule has 0 saturated carbocycles. The summed E-state index contributed by atoms with van der Waals surface area (Å²) in [6, 6.07) is 5.22. The van der Waals surface area contributed by atoms with Crippen molar-refractivity contribution in [2.24, 2.45) is 0 Å². The lowest BCUT2D eigenvalue weighted by Gasteiger charge is -2.30. The van der Waals surface area contributed by atoms with Gasteiger partial charge in [-0.2, -0.15) is 26.3 Å². The quantitative estimate of drug-likeness (QED) is 0.591. The van der Waals surface area contributed by atoms with Gasteiger partial charge in [0.05, 0.1) is 5.69 Å². The first-order chi connectivity index (χ1) is 8.91. The number of carbonyl (C=O) groups excluding carboxylic acids is 1. The van der Waals surface area contributed by atoms with Crippen LogP contribution in [0, 0.1) is 0 Å². The highest BCUT2D eigenvalue weighted by atomic mass is 79.9. The van der Waals surface area contributed by atoms with E-state index in [2.05, 4.69) is 27.5 Å². The van der Waals surface area contributed by atoms with E-state index in [-0.39, 0.29) is 10.2 Å². The monoisotopic (exact) mass is 383 g/mol. The van der Waals surface area contributed by atoms with E-state index in [1.54, 1.807) is 0 Å². The molecule has 0 saturated heterocycles. The van der Waals surface area contributed by atoms with Gasteiger partial charge in [0.15, 0.2) is 0 Å². The van der Waals surface area contributed by atoms with Gasteiger partial charge in [-0.15, -0.1) is 0 Å². The van der Waals surface area contributed by atoms with Crippen LogP contribution in [0.1, 0.15) is 0 Å². The predicted octanol–water partition coefficient (Wildman–Crippen LogP) is 4.49. The molecule has 0 aliphatic rings. The van der Waals surface area contributed by atoms with Gasteiger partial charge in [-0.05, 0) is 28.1 Å². The predicted molar refractivity (Wildman–Crippen MR) is 63.5 cm³/mol. The minimum Gasteiger partial charge on any atom is -0.323 e. The minimum atomic E-state index is -6.00. The van der Waals surface area contributed by atoms with Crippen molar-refractivity contribution >= 4 is 39.1 Å². The Balaban J connectivity index is 3.19. The first-order valence-electron chi connectivity index (χ1n) is 4.79. The summed E-state index contributed by atoms with van der Waals surface area (Å²) in [4.78, 5) is 6.36. The van der Waals surface area contributed by atoms with E-state index < -0.39 is 23.1 Å². The Kier molecular flexibility index (Phi) is 4.65. The Morgan fingerprint density at radius 1 is 1.05 bits per heavy atom. The van der Waals surface area contributed by atoms with E-state index in [1.165, 1.54) is 23.5 Å². The van der Waals surface area contributed by atoms with E-state index in [9.17, 15) is 31.1 Å². The van der Waals surface area contributed by atoms with Gasteiger partial charge in [-0.25, -0.2) is 0 Å². The molecule has 0 aliphatic carbocycles. The molecule has 1 aromatic carbocycles. The summed E-state index contributed by atoms with van der Waals surface area (Å²) in [5.74, 6) is -2.42. The van der Waals surface area contributed by atoms with Crippen LogP contribution in [0.5, 0.6) is 0 Å². The second-order valence-corrected chi connectivity index (χ2v) is 5.01. The van der Waals surface area contributed by atoms with E-state index >= 15 is 0 Å². The molecule has 0 spiro atoms. The average molecular weight is 385 g/mol. The number of anilines is 1. The normalized spacial score (nSPS) is 13.2. The van der Waals surface area contributed by atoms with Crippen molar-refractivity contribution in [1.82, 2.24) is 0 Å². The summed E-state index contributed by atoms with van der Waals surface area (Å²) in [6.45, 7) is 0. The molecule has 1 N–H and O–H groups in total. The maximum atomic E-state index is 12.5. The van der Waals surface area contributed by atoms with Crippen LogP contribution >= 0.6 is 27.5 Å². The topological polar surface area (TPSA) is 29.1 Å². The molecule has 20 heavy (non-hydrogen) atoms. The third-order valence-electron chi connectivity index (χ3n) is 2.22. The molecule has 0 fully saturated rings. The molecule has 112 valence electrons. The van der Waals surface area contributed by atoms with Crippen LogP contribution in [0.3, 0.4) is 0 Å². The van der Waals surface area contributed by atoms with E-state index in [4.69, 9.17) is 0 Å². The molecule has 0 atom stereocenters. The summed E-state index contributed by atoms with van der Waals surface area (Å²) in [5, 5.41) is 1.51. The maximum Gasteiger partial charge on any atom is 0.425 e. The average Bonchev–Trinajstić information content (AvgIpc) is 2.28. The SMILES string of the molecule is O=C(Nc1ccccc1Br)C(Cl)(C(F)(F)F)C(F)(F)F. The summed E-state index contributed by atoms with van der Waals surface area (Å²) >= 11 is 7.44. The van der Waals surface area contributed by atoms with Gasteiger partial charge in [0.25, 0.3) is 5.91 Å². The Bertz CT molecular complexity index is 501. The smallest absolute Gasteiger partial charge is 0.323 e. The summed E-state index contributed by atoms with van der Waals surface area (Å²) in [6.07, 6.45) is -12.0. The number of hydrogen-bond acceptors (Lipinski definition) is 1. The molecular formula is C10H5BrClF6NO. The molecule has 0 radical (unpaired) electrons. The zero-order valence-corrected chi connectivity index (χ0v) is 11.6. The van der Waals surface area contributed by atoms with Gasteiger partial charge in [-0.1, -0.05) is 23.7 Å². The van der Waals surface area contributed by atoms with Crippen LogP contribution < -0.4 is 5.32 Å². The highest BCUT2D eigenvalue weighted by Crippen LogP contribution is 2.48. The molecule has 0 unspecified atom stereocenters. The van der Waals surface area contributed by atoms with Crippen molar-refractivity contribution in [3.63, 3.8) is 0 Å². The van der Waals surface area contributed by atoms with Gasteiger partial charge < -0.3 is 5.32 Å². The Hall–Kier alpha value is -0.960. The van der Waals surface area contributed by atoms with E-state index in [0.717, 1.165) is 6.07 Å². The van der Waals surface area contributed by atoms with Crippen LogP contribution in [-0.2, 0) is 4.79 Å². The number of alkyl halides is 7. The van der Waals surface area contributed by atoms with Crippen LogP contribution in [0.25, 0.3) is 0 Å². The molecular weight excluding hydrogens is 379 g/mol. The lowest BCUT2D eigenvalue weighted by atomic mass is 10.1. The molecule has 0 heterocycles. The highest BCUT2D eigenvalue weighted by Gasteiger charge is 2.75. The molecule has 1 amide bonds. The molecule has 10 heteroatoms. The summed E-state index contributed by atoms with van der Waals surface area (Å²) in [5.41, 5.74) is -0.268. The molecule has 2 nitrogen and oxygen atoms in total. The Morgan fingerprint density at radius 3 is 1.90 bits per heavy atom. The summed E-state index contributed by atoms with van der Waals surface area (Å²) < 4.78 is 75.3. The molecule has 0 aliphatic heterocycles. The van der Waals surface area contributed by atoms with Crippen molar-refractivity contribution in [2.45, 2.75) is 17.2 Å². The molecule has 1 rings (SSSR count). The maximum absolute atomic E-state index is 12.5. The number of halogens is 8. The van der Waals surface area contributed by atoms with Crippen LogP contribution in [-0.4, -0.2) is 23.1 Å². The van der Waals surface area contributed by atoms with Crippen molar-refractivity contribution in [2.75, 3.05) is 5.32 Å². The van der Waals surface area contributed by atoms with Crippen molar-refractivity contribution in [3.05, 3.63) is 28.7 Å². The first-order valence-corrected chi connectivity index (χ1v) is 5.96. The third kappa shape index (κ3) is 3.03. The number of rotatable bonds is 2. The second kappa shape index (κ2) is 5.44. The standard InChI is InChI=1S/C10H5BrClF6NO/c11-5-3-1-2-4-6(5)19-7(20)8(12,9(13,14)15)10(16,17)18/h1-4H,(H,19,20). The first kappa shape index (κ1) is 17.1. The van der Waals surface area contributed by atoms with Gasteiger partial charge in [0.2, 0.25) is 0 Å². The number of amides is 1. The van der Waals surface area contributed by atoms with Crippen molar-refractivity contribution < 1.29 is 31.1 Å². The van der Waals surface area contributed by atoms with E-state index in [0.29, 0.717) is 0 Å². The molecule has 0 bridgehead atoms. The number of nitrogens with one attached hydrogen (secondary N) is 1. The second-order valence-electron chi connectivity index (χ2n) is 3.59. The lowest BCUT2D eigenvalue weighted by molar-refractivity contribution is -0.258. The fourth-order valence-electron chi connectivity index (χ4n) is 1.19. The number of benzene rings is 1. The van der Waals surface area contributed by atoms with Crippen LogP contribution in [0.2, 0.25) is 0 Å². The highest BCUT2D eigenvalue weighted by molar-refractivity contribution is 9.10. The zero-order chi connectivity index (χ0) is 15.8. The fourth-order valence-corrected chi connectivity index (χ4v) is 1.62. The summed E-state index contributed by atoms with van der Waals surface area (Å²) in [7, 11) is 0. The Morgan fingerprint density at radius 2 is 1.50 bits per heavy atom. The number of hydrogen-bond donors (Lipinski definition) is 1. The van der Waals surface area contributed by atoms with Crippen LogP contribution in [0.4, 0.5) is 32.0 Å². The molecule has 1 aromatic rings. The van der Waals surface area contributed by atoms with Gasteiger partial charge in [-0.3, -0.25) is 4.79 Å². The largest absolute Gasteiger partial charge is 0.425 e. The van der Waals surface area contributed by atoms with E-state index in [1.807, 2.05) is 0 Å². The van der Waals surface area contributed by atoms with Crippen LogP contribution in [0.15, 0.2) is 28.7 Å².